The highest BCUT2D eigenvalue weighted by Gasteiger charge is 2.35. The molecule has 0 radical (unpaired) electrons. The van der Waals surface area contributed by atoms with Crippen LogP contribution in [-0.2, 0) is 6.42 Å². The molecule has 0 fully saturated rings. The van der Waals surface area contributed by atoms with E-state index in [-0.39, 0.29) is 0 Å². The Bertz CT molecular complexity index is 4270. The molecule has 0 amide bonds. The Labute approximate surface area is 406 Å². The predicted molar refractivity (Wildman–Crippen MR) is 291 cm³/mol. The molecule has 6 nitrogen and oxygen atoms in total. The molecule has 6 heteroatoms. The van der Waals surface area contributed by atoms with Crippen LogP contribution >= 0.6 is 0 Å². The van der Waals surface area contributed by atoms with Crippen LogP contribution in [0.2, 0.25) is 0 Å². The van der Waals surface area contributed by atoms with Crippen LogP contribution in [0.3, 0.4) is 0 Å². The second-order valence-corrected chi connectivity index (χ2v) is 20.3. The maximum Gasteiger partial charge on any atom is 0.104 e. The summed E-state index contributed by atoms with van der Waals surface area (Å²) in [5.74, 6) is 0.325. The first kappa shape index (κ1) is 41.6. The van der Waals surface area contributed by atoms with Crippen LogP contribution in [0.4, 0.5) is 0 Å². The van der Waals surface area contributed by atoms with Gasteiger partial charge in [0.05, 0.1) is 61.4 Å². The number of aromatic nitrogens is 4. The lowest BCUT2D eigenvalue weighted by Crippen LogP contribution is -2.17. The Morgan fingerprint density at radius 2 is 0.629 bits per heavy atom. The fourth-order valence-electron chi connectivity index (χ4n) is 12.0. The molecule has 0 saturated heterocycles. The summed E-state index contributed by atoms with van der Waals surface area (Å²) in [5.41, 5.74) is 20.7. The number of allylic oxidation sites excluding steroid dienone is 1. The van der Waals surface area contributed by atoms with Crippen LogP contribution in [0.1, 0.15) is 68.3 Å². The van der Waals surface area contributed by atoms with Gasteiger partial charge in [0.25, 0.3) is 0 Å². The van der Waals surface area contributed by atoms with E-state index in [1.165, 1.54) is 11.1 Å². The van der Waals surface area contributed by atoms with E-state index in [1.54, 1.807) is 0 Å². The SMILES string of the molecule is Cc1ccc2c(c1)c1c(n2-c2c(C#N)c(-n3c4ccc(C)cc4c4cc(C)ccc43)c(-n3c4ccc(C)cc4c4cc(C)ccc43)c(C#N)c2-n2c3ccc(C)cc3c3cc(C)ccc32)C=CC(C)C1. The van der Waals surface area contributed by atoms with Crippen LogP contribution in [0, 0.1) is 77.0 Å². The van der Waals surface area contributed by atoms with Crippen molar-refractivity contribution in [1.82, 2.24) is 18.3 Å². The van der Waals surface area contributed by atoms with Crippen molar-refractivity contribution < 1.29 is 0 Å². The average Bonchev–Trinajstić information content (AvgIpc) is 4.04. The number of nitriles is 2. The molecule has 12 aromatic rings. The fourth-order valence-corrected chi connectivity index (χ4v) is 12.0. The number of aryl methyl sites for hydroxylation is 7. The van der Waals surface area contributed by atoms with Gasteiger partial charge in [0, 0.05) is 43.4 Å². The first-order valence-electron chi connectivity index (χ1n) is 24.3. The Kier molecular flexibility index (Phi) is 8.89. The van der Waals surface area contributed by atoms with E-state index >= 15 is 0 Å². The van der Waals surface area contributed by atoms with E-state index in [9.17, 15) is 10.5 Å². The molecule has 1 atom stereocenters. The molecular weight excluding hydrogens is 853 g/mol. The standard InChI is InChI=1S/C64H50N6/c1-35-9-17-53-43(25-35)44-26-36(2)10-18-54(44)67(53)61-51(33-65)63(69-57-21-13-39(5)29-47(57)48-30-40(6)14-22-58(48)69)64(70-59-23-15-41(7)31-49(59)50-32-42(8)16-24-60(50)70)52(34-66)62(61)68-55-19-11-37(3)27-45(55)46-28-38(4)12-20-56(46)68/h9-31,42H,32H2,1-8H3. The van der Waals surface area contributed by atoms with E-state index < -0.39 is 0 Å². The monoisotopic (exact) mass is 902 g/mol. The van der Waals surface area contributed by atoms with Gasteiger partial charge in [-0.2, -0.15) is 10.5 Å². The van der Waals surface area contributed by atoms with Gasteiger partial charge in [-0.25, -0.2) is 0 Å². The Balaban J connectivity index is 1.38. The summed E-state index contributed by atoms with van der Waals surface area (Å²) in [6.07, 6.45) is 5.40. The highest BCUT2D eigenvalue weighted by Crippen LogP contribution is 2.49. The van der Waals surface area contributed by atoms with Crippen molar-refractivity contribution >= 4 is 82.4 Å². The number of benzene rings is 8. The van der Waals surface area contributed by atoms with Gasteiger partial charge in [-0.3, -0.25) is 0 Å². The lowest BCUT2D eigenvalue weighted by atomic mass is 9.93. The van der Waals surface area contributed by atoms with Gasteiger partial charge < -0.3 is 18.3 Å². The summed E-state index contributed by atoms with van der Waals surface area (Å²) in [6.45, 7) is 17.2. The zero-order chi connectivity index (χ0) is 48.0. The Morgan fingerprint density at radius 1 is 0.371 bits per heavy atom. The van der Waals surface area contributed by atoms with Gasteiger partial charge in [0.1, 0.15) is 23.3 Å². The topological polar surface area (TPSA) is 67.3 Å². The first-order chi connectivity index (χ1) is 33.9. The number of fused-ring (bicyclic) bond motifs is 12. The molecule has 8 aromatic carbocycles. The summed E-state index contributed by atoms with van der Waals surface area (Å²) in [7, 11) is 0. The van der Waals surface area contributed by atoms with Crippen LogP contribution in [0.25, 0.3) is 105 Å². The fraction of sp³-hybridized carbons (Fsp3) is 0.156. The molecule has 70 heavy (non-hydrogen) atoms. The smallest absolute Gasteiger partial charge is 0.104 e. The molecule has 336 valence electrons. The summed E-state index contributed by atoms with van der Waals surface area (Å²) < 4.78 is 9.22. The minimum atomic E-state index is 0.325. The molecular formula is C64H50N6. The molecule has 0 bridgehead atoms. The molecule has 0 N–H and O–H groups in total. The van der Waals surface area contributed by atoms with E-state index in [2.05, 4.69) is 225 Å². The zero-order valence-electron chi connectivity index (χ0n) is 40.7. The third-order valence-corrected chi connectivity index (χ3v) is 15.1. The lowest BCUT2D eigenvalue weighted by Gasteiger charge is -2.27. The minimum absolute atomic E-state index is 0.325. The second-order valence-electron chi connectivity index (χ2n) is 20.3. The second kappa shape index (κ2) is 15.0. The van der Waals surface area contributed by atoms with Crippen molar-refractivity contribution in [2.75, 3.05) is 0 Å². The van der Waals surface area contributed by atoms with E-state index in [1.807, 2.05) is 0 Å². The maximum atomic E-state index is 12.6. The average molecular weight is 903 g/mol. The number of rotatable bonds is 4. The van der Waals surface area contributed by atoms with Crippen molar-refractivity contribution in [2.45, 2.75) is 61.8 Å². The maximum absolute atomic E-state index is 12.6. The van der Waals surface area contributed by atoms with Crippen LogP contribution in [0.5, 0.6) is 0 Å². The molecule has 0 spiro atoms. The van der Waals surface area contributed by atoms with Gasteiger partial charge in [0.2, 0.25) is 0 Å². The highest BCUT2D eigenvalue weighted by molar-refractivity contribution is 6.15. The number of hydrogen-bond acceptors (Lipinski definition) is 2. The number of hydrogen-bond donors (Lipinski definition) is 0. The lowest BCUT2D eigenvalue weighted by molar-refractivity contribution is 0.717. The Hall–Kier alpha value is -8.58. The quantitative estimate of drug-likeness (QED) is 0.177. The normalized spacial score (nSPS) is 13.7. The van der Waals surface area contributed by atoms with Crippen molar-refractivity contribution in [3.05, 3.63) is 195 Å². The van der Waals surface area contributed by atoms with Crippen molar-refractivity contribution in [1.29, 1.82) is 10.5 Å². The van der Waals surface area contributed by atoms with Gasteiger partial charge in [-0.05, 0) is 157 Å². The van der Waals surface area contributed by atoms with Crippen molar-refractivity contribution in [3.8, 4) is 34.9 Å². The summed E-state index contributed by atoms with van der Waals surface area (Å²) >= 11 is 0. The zero-order valence-corrected chi connectivity index (χ0v) is 40.7. The molecule has 0 saturated carbocycles. The predicted octanol–water partition coefficient (Wildman–Crippen LogP) is 16.0. The summed E-state index contributed by atoms with van der Waals surface area (Å²) in [5, 5.41) is 32.9. The minimum Gasteiger partial charge on any atom is -0.306 e. The molecule has 1 aliphatic rings. The molecule has 13 rings (SSSR count). The third-order valence-electron chi connectivity index (χ3n) is 15.1. The van der Waals surface area contributed by atoms with Crippen LogP contribution in [-0.4, -0.2) is 18.3 Å². The van der Waals surface area contributed by atoms with Crippen LogP contribution < -0.4 is 0 Å². The molecule has 1 unspecified atom stereocenters. The van der Waals surface area contributed by atoms with Crippen molar-refractivity contribution in [2.24, 2.45) is 5.92 Å². The van der Waals surface area contributed by atoms with Crippen LogP contribution in [0.15, 0.2) is 133 Å². The Morgan fingerprint density at radius 3 is 0.914 bits per heavy atom. The third kappa shape index (κ3) is 5.77. The van der Waals surface area contributed by atoms with Gasteiger partial charge in [-0.1, -0.05) is 94.4 Å². The number of nitrogens with zero attached hydrogens (tertiary/aromatic N) is 6. The largest absolute Gasteiger partial charge is 0.306 e. The van der Waals surface area contributed by atoms with Gasteiger partial charge in [0.15, 0.2) is 0 Å². The van der Waals surface area contributed by atoms with Crippen molar-refractivity contribution in [3.63, 3.8) is 0 Å². The summed E-state index contributed by atoms with van der Waals surface area (Å²) in [6, 6.07) is 52.3. The molecule has 4 heterocycles. The van der Waals surface area contributed by atoms with E-state index in [0.717, 1.165) is 122 Å². The molecule has 1 aliphatic carbocycles. The molecule has 4 aromatic heterocycles. The van der Waals surface area contributed by atoms with Gasteiger partial charge in [-0.15, -0.1) is 0 Å². The molecule has 0 aliphatic heterocycles. The highest BCUT2D eigenvalue weighted by atomic mass is 15.1. The van der Waals surface area contributed by atoms with E-state index in [4.69, 9.17) is 0 Å². The summed E-state index contributed by atoms with van der Waals surface area (Å²) in [4.78, 5) is 0. The first-order valence-corrected chi connectivity index (χ1v) is 24.3. The van der Waals surface area contributed by atoms with E-state index in [0.29, 0.717) is 39.8 Å². The van der Waals surface area contributed by atoms with Gasteiger partial charge >= 0.3 is 0 Å².